The molecule has 0 saturated carbocycles. The van der Waals surface area contributed by atoms with Gasteiger partial charge < -0.3 is 20.3 Å². The molecule has 2 fully saturated rings. The van der Waals surface area contributed by atoms with Gasteiger partial charge in [-0.05, 0) is 25.0 Å². The first-order chi connectivity index (χ1) is 12.6. The highest BCUT2D eigenvalue weighted by Gasteiger charge is 2.28. The summed E-state index contributed by atoms with van der Waals surface area (Å²) < 4.78 is 28.8. The third-order valence-electron chi connectivity index (χ3n) is 4.67. The molecule has 0 amide bonds. The predicted octanol–water partition coefficient (Wildman–Crippen LogP) is 0.765. The number of hydrogen-bond acceptors (Lipinski definition) is 5. The van der Waals surface area contributed by atoms with E-state index in [1.807, 2.05) is 19.1 Å². The second kappa shape index (κ2) is 8.73. The first kappa shape index (κ1) is 19.0. The molecule has 2 saturated heterocycles. The minimum Gasteiger partial charge on any atom is -0.378 e. The molecular formula is C18H28N4O3S. The third kappa shape index (κ3) is 5.11. The van der Waals surface area contributed by atoms with E-state index in [1.54, 1.807) is 0 Å². The molecule has 8 heteroatoms. The Labute approximate surface area is 155 Å². The van der Waals surface area contributed by atoms with Gasteiger partial charge in [0.05, 0.1) is 31.3 Å². The van der Waals surface area contributed by atoms with Crippen molar-refractivity contribution in [1.29, 1.82) is 0 Å². The highest BCUT2D eigenvalue weighted by molar-refractivity contribution is 7.91. The Morgan fingerprint density at radius 1 is 1.31 bits per heavy atom. The maximum Gasteiger partial charge on any atom is 0.191 e. The lowest BCUT2D eigenvalue weighted by Crippen LogP contribution is -2.44. The lowest BCUT2D eigenvalue weighted by molar-refractivity contribution is 0.122. The lowest BCUT2D eigenvalue weighted by atomic mass is 10.1. The molecule has 2 aliphatic rings. The Morgan fingerprint density at radius 3 is 2.77 bits per heavy atom. The van der Waals surface area contributed by atoms with E-state index in [0.29, 0.717) is 18.9 Å². The molecule has 1 aromatic carbocycles. The van der Waals surface area contributed by atoms with Crippen molar-refractivity contribution in [1.82, 2.24) is 10.6 Å². The monoisotopic (exact) mass is 380 g/mol. The fraction of sp³-hybridized carbons (Fsp3) is 0.611. The topological polar surface area (TPSA) is 83.0 Å². The number of nitrogens with zero attached hydrogens (tertiary/aromatic N) is 2. The average Bonchev–Trinajstić information content (AvgIpc) is 2.99. The quantitative estimate of drug-likeness (QED) is 0.580. The van der Waals surface area contributed by atoms with Crippen molar-refractivity contribution in [3.05, 3.63) is 29.8 Å². The SMILES string of the molecule is CCNC(=NCc1ccccc1N1CCOCC1)NC1CCS(=O)(=O)C1. The summed E-state index contributed by atoms with van der Waals surface area (Å²) in [4.78, 5) is 7.02. The summed E-state index contributed by atoms with van der Waals surface area (Å²) in [7, 11) is -2.91. The molecule has 26 heavy (non-hydrogen) atoms. The van der Waals surface area contributed by atoms with Crippen molar-refractivity contribution in [3.63, 3.8) is 0 Å². The van der Waals surface area contributed by atoms with Crippen LogP contribution in [0.4, 0.5) is 5.69 Å². The molecular weight excluding hydrogens is 352 g/mol. The first-order valence-corrected chi connectivity index (χ1v) is 11.1. The molecule has 2 heterocycles. The lowest BCUT2D eigenvalue weighted by Gasteiger charge is -2.30. The van der Waals surface area contributed by atoms with E-state index in [0.717, 1.165) is 38.4 Å². The van der Waals surface area contributed by atoms with Gasteiger partial charge in [0.25, 0.3) is 0 Å². The fourth-order valence-electron chi connectivity index (χ4n) is 3.34. The Hall–Kier alpha value is -1.80. The molecule has 1 atom stereocenters. The molecule has 144 valence electrons. The van der Waals surface area contributed by atoms with Gasteiger partial charge in [0.2, 0.25) is 0 Å². The number of ether oxygens (including phenoxy) is 1. The van der Waals surface area contributed by atoms with E-state index in [1.165, 1.54) is 5.69 Å². The van der Waals surface area contributed by atoms with Crippen LogP contribution < -0.4 is 15.5 Å². The summed E-state index contributed by atoms with van der Waals surface area (Å²) in [6.07, 6.45) is 0.636. The van der Waals surface area contributed by atoms with Crippen LogP contribution in [-0.2, 0) is 21.1 Å². The van der Waals surface area contributed by atoms with Gasteiger partial charge in [-0.3, -0.25) is 0 Å². The second-order valence-electron chi connectivity index (χ2n) is 6.67. The number of guanidine groups is 1. The van der Waals surface area contributed by atoms with Gasteiger partial charge >= 0.3 is 0 Å². The summed E-state index contributed by atoms with van der Waals surface area (Å²) in [5, 5.41) is 6.48. The second-order valence-corrected chi connectivity index (χ2v) is 8.90. The van der Waals surface area contributed by atoms with Gasteiger partial charge in [0.15, 0.2) is 15.8 Å². The van der Waals surface area contributed by atoms with E-state index in [2.05, 4.69) is 27.7 Å². The molecule has 7 nitrogen and oxygen atoms in total. The summed E-state index contributed by atoms with van der Waals surface area (Å²) in [6.45, 7) is 6.55. The molecule has 0 aromatic heterocycles. The molecule has 0 bridgehead atoms. The van der Waals surface area contributed by atoms with Gasteiger partial charge in [-0.1, -0.05) is 18.2 Å². The van der Waals surface area contributed by atoms with Gasteiger partial charge in [0.1, 0.15) is 0 Å². The third-order valence-corrected chi connectivity index (χ3v) is 6.44. The normalized spacial score (nSPS) is 23.0. The fourth-order valence-corrected chi connectivity index (χ4v) is 5.02. The standard InChI is InChI=1S/C18H28N4O3S/c1-2-19-18(21-16-7-12-26(23,24)14-16)20-13-15-5-3-4-6-17(15)22-8-10-25-11-9-22/h3-6,16H,2,7-14H2,1H3,(H2,19,20,21). The van der Waals surface area contributed by atoms with Crippen molar-refractivity contribution in [2.45, 2.75) is 25.9 Å². The number of aliphatic imine (C=N–C) groups is 1. The number of nitrogens with one attached hydrogen (secondary N) is 2. The summed E-state index contributed by atoms with van der Waals surface area (Å²) >= 11 is 0. The number of benzene rings is 1. The molecule has 0 radical (unpaired) electrons. The summed E-state index contributed by atoms with van der Waals surface area (Å²) in [6, 6.07) is 8.23. The largest absolute Gasteiger partial charge is 0.378 e. The maximum absolute atomic E-state index is 11.7. The van der Waals surface area contributed by atoms with Crippen molar-refractivity contribution in [2.75, 3.05) is 49.3 Å². The van der Waals surface area contributed by atoms with Crippen LogP contribution in [0.3, 0.4) is 0 Å². The van der Waals surface area contributed by atoms with Gasteiger partial charge in [0, 0.05) is 31.4 Å². The van der Waals surface area contributed by atoms with Crippen molar-refractivity contribution in [2.24, 2.45) is 4.99 Å². The van der Waals surface area contributed by atoms with Gasteiger partial charge in [-0.25, -0.2) is 13.4 Å². The Morgan fingerprint density at radius 2 is 2.08 bits per heavy atom. The highest BCUT2D eigenvalue weighted by Crippen LogP contribution is 2.22. The molecule has 1 unspecified atom stereocenters. The zero-order valence-corrected chi connectivity index (χ0v) is 16.1. The van der Waals surface area contributed by atoms with Crippen LogP contribution in [0.1, 0.15) is 18.9 Å². The Kier molecular flexibility index (Phi) is 6.37. The number of rotatable bonds is 5. The first-order valence-electron chi connectivity index (χ1n) is 9.23. The van der Waals surface area contributed by atoms with Crippen LogP contribution in [0.5, 0.6) is 0 Å². The number of anilines is 1. The molecule has 0 spiro atoms. The van der Waals surface area contributed by atoms with Crippen LogP contribution in [0.15, 0.2) is 29.3 Å². The van der Waals surface area contributed by atoms with E-state index >= 15 is 0 Å². The van der Waals surface area contributed by atoms with E-state index in [-0.39, 0.29) is 17.5 Å². The molecule has 1 aromatic rings. The van der Waals surface area contributed by atoms with Crippen LogP contribution in [0.2, 0.25) is 0 Å². The molecule has 2 aliphatic heterocycles. The minimum absolute atomic E-state index is 0.0627. The summed E-state index contributed by atoms with van der Waals surface area (Å²) in [5.41, 5.74) is 2.35. The van der Waals surface area contributed by atoms with Crippen LogP contribution in [0.25, 0.3) is 0 Å². The van der Waals surface area contributed by atoms with Crippen molar-refractivity contribution in [3.8, 4) is 0 Å². The summed E-state index contributed by atoms with van der Waals surface area (Å²) in [5.74, 6) is 1.11. The van der Waals surface area contributed by atoms with Crippen molar-refractivity contribution >= 4 is 21.5 Å². The molecule has 3 rings (SSSR count). The zero-order chi connectivity index (χ0) is 18.4. The molecule has 2 N–H and O–H groups in total. The van der Waals surface area contributed by atoms with E-state index in [4.69, 9.17) is 9.73 Å². The number of para-hydroxylation sites is 1. The minimum atomic E-state index is -2.91. The number of sulfone groups is 1. The van der Waals surface area contributed by atoms with Crippen LogP contribution in [0, 0.1) is 0 Å². The number of morpholine rings is 1. The van der Waals surface area contributed by atoms with Crippen LogP contribution in [-0.4, -0.2) is 64.8 Å². The predicted molar refractivity (Wildman–Crippen MR) is 104 cm³/mol. The van der Waals surface area contributed by atoms with E-state index in [9.17, 15) is 8.42 Å². The smallest absolute Gasteiger partial charge is 0.191 e. The highest BCUT2D eigenvalue weighted by atomic mass is 32.2. The zero-order valence-electron chi connectivity index (χ0n) is 15.3. The van der Waals surface area contributed by atoms with E-state index < -0.39 is 9.84 Å². The van der Waals surface area contributed by atoms with Gasteiger partial charge in [-0.2, -0.15) is 0 Å². The van der Waals surface area contributed by atoms with Gasteiger partial charge in [-0.15, -0.1) is 0 Å². The van der Waals surface area contributed by atoms with Crippen molar-refractivity contribution < 1.29 is 13.2 Å². The average molecular weight is 381 g/mol. The Balaban J connectivity index is 1.69. The molecule has 0 aliphatic carbocycles. The number of hydrogen-bond donors (Lipinski definition) is 2. The maximum atomic E-state index is 11.7. The van der Waals surface area contributed by atoms with Crippen LogP contribution >= 0.6 is 0 Å². The Bertz CT molecular complexity index is 730.